The molecule has 0 N–H and O–H groups in total. The van der Waals surface area contributed by atoms with Crippen molar-refractivity contribution < 1.29 is 9.53 Å². The van der Waals surface area contributed by atoms with Crippen LogP contribution in [0, 0.1) is 0 Å². The molecule has 1 heterocycles. The minimum Gasteiger partial charge on any atom is -0.385 e. The number of anilines is 1. The highest BCUT2D eigenvalue weighted by Crippen LogP contribution is 2.41. The van der Waals surface area contributed by atoms with Crippen LogP contribution in [0.5, 0.6) is 0 Å². The van der Waals surface area contributed by atoms with E-state index in [2.05, 4.69) is 6.07 Å². The number of amides is 1. The summed E-state index contributed by atoms with van der Waals surface area (Å²) in [5.41, 5.74) is 1.82. The number of para-hydroxylation sites is 1. The molecule has 1 aromatic rings. The predicted molar refractivity (Wildman–Crippen MR) is 72.9 cm³/mol. The fourth-order valence-corrected chi connectivity index (χ4v) is 2.54. The number of hydrogen-bond acceptors (Lipinski definition) is 2. The minimum absolute atomic E-state index is 0.209. The Balaban J connectivity index is 2.15. The van der Waals surface area contributed by atoms with E-state index in [0.717, 1.165) is 37.2 Å². The van der Waals surface area contributed by atoms with Crippen molar-refractivity contribution in [3.05, 3.63) is 29.8 Å². The fraction of sp³-hybridized carbons (Fsp3) is 0.533. The van der Waals surface area contributed by atoms with E-state index in [1.54, 1.807) is 7.11 Å². The maximum atomic E-state index is 12.4. The van der Waals surface area contributed by atoms with Gasteiger partial charge in [0, 0.05) is 25.9 Å². The van der Waals surface area contributed by atoms with Crippen LogP contribution in [0.15, 0.2) is 24.3 Å². The Kier molecular flexibility index (Phi) is 3.71. The Morgan fingerprint density at radius 1 is 1.22 bits per heavy atom. The summed E-state index contributed by atoms with van der Waals surface area (Å²) in [4.78, 5) is 14.4. The molecular weight excluding hydrogens is 226 g/mol. The van der Waals surface area contributed by atoms with Crippen LogP contribution in [-0.4, -0.2) is 26.2 Å². The molecule has 18 heavy (non-hydrogen) atoms. The lowest BCUT2D eigenvalue weighted by molar-refractivity contribution is -0.122. The molecule has 0 saturated carbocycles. The molecule has 3 heteroatoms. The van der Waals surface area contributed by atoms with Gasteiger partial charge in [-0.15, -0.1) is 0 Å². The van der Waals surface area contributed by atoms with Gasteiger partial charge in [-0.05, 0) is 38.3 Å². The number of carbonyl (C=O) groups is 1. The Morgan fingerprint density at radius 2 is 1.94 bits per heavy atom. The van der Waals surface area contributed by atoms with Gasteiger partial charge in [-0.2, -0.15) is 0 Å². The summed E-state index contributed by atoms with van der Waals surface area (Å²) in [6.45, 7) is 5.54. The van der Waals surface area contributed by atoms with Crippen LogP contribution in [0.3, 0.4) is 0 Å². The van der Waals surface area contributed by atoms with Crippen molar-refractivity contribution in [2.45, 2.75) is 32.1 Å². The van der Waals surface area contributed by atoms with E-state index >= 15 is 0 Å². The Hall–Kier alpha value is -1.35. The van der Waals surface area contributed by atoms with Gasteiger partial charge in [0.2, 0.25) is 5.91 Å². The summed E-state index contributed by atoms with van der Waals surface area (Å²) in [5, 5.41) is 0. The van der Waals surface area contributed by atoms with Crippen LogP contribution in [-0.2, 0) is 14.9 Å². The topological polar surface area (TPSA) is 29.5 Å². The van der Waals surface area contributed by atoms with Crippen LogP contribution in [0.1, 0.15) is 32.3 Å². The summed E-state index contributed by atoms with van der Waals surface area (Å²) in [5.74, 6) is 0.209. The van der Waals surface area contributed by atoms with E-state index in [9.17, 15) is 4.79 Å². The monoisotopic (exact) mass is 247 g/mol. The van der Waals surface area contributed by atoms with Gasteiger partial charge >= 0.3 is 0 Å². The van der Waals surface area contributed by atoms with Crippen LogP contribution >= 0.6 is 0 Å². The van der Waals surface area contributed by atoms with E-state index in [0.29, 0.717) is 0 Å². The Bertz CT molecular complexity index is 440. The normalized spacial score (nSPS) is 17.1. The Labute approximate surface area is 109 Å². The standard InChI is InChI=1S/C15H21NO2/c1-15(2)12-8-4-5-9-13(12)16(14(15)17)10-6-7-11-18-3/h4-5,8-9H,6-7,10-11H2,1-3H3. The van der Waals surface area contributed by atoms with Gasteiger partial charge in [0.15, 0.2) is 0 Å². The van der Waals surface area contributed by atoms with Crippen LogP contribution in [0.2, 0.25) is 0 Å². The van der Waals surface area contributed by atoms with Crippen molar-refractivity contribution in [1.82, 2.24) is 0 Å². The number of fused-ring (bicyclic) bond motifs is 1. The van der Waals surface area contributed by atoms with Crippen molar-refractivity contribution in [3.63, 3.8) is 0 Å². The zero-order valence-electron chi connectivity index (χ0n) is 11.4. The average Bonchev–Trinajstić information content (AvgIpc) is 2.56. The maximum Gasteiger partial charge on any atom is 0.237 e. The molecule has 0 spiro atoms. The number of rotatable bonds is 5. The largest absolute Gasteiger partial charge is 0.385 e. The van der Waals surface area contributed by atoms with E-state index < -0.39 is 5.41 Å². The second kappa shape index (κ2) is 5.11. The van der Waals surface area contributed by atoms with E-state index in [1.807, 2.05) is 36.9 Å². The summed E-state index contributed by atoms with van der Waals surface area (Å²) < 4.78 is 5.04. The minimum atomic E-state index is -0.391. The first kappa shape index (κ1) is 13.1. The second-order valence-corrected chi connectivity index (χ2v) is 5.30. The van der Waals surface area contributed by atoms with E-state index in [4.69, 9.17) is 4.74 Å². The van der Waals surface area contributed by atoms with Gasteiger partial charge in [0.05, 0.1) is 5.41 Å². The third-order valence-corrected chi connectivity index (χ3v) is 3.63. The zero-order chi connectivity index (χ0) is 13.2. The predicted octanol–water partition coefficient (Wildman–Crippen LogP) is 2.74. The Morgan fingerprint density at radius 3 is 2.67 bits per heavy atom. The average molecular weight is 247 g/mol. The number of methoxy groups -OCH3 is 1. The van der Waals surface area contributed by atoms with Crippen LogP contribution < -0.4 is 4.90 Å². The van der Waals surface area contributed by atoms with Gasteiger partial charge < -0.3 is 9.64 Å². The molecule has 1 aliphatic rings. The first-order chi connectivity index (χ1) is 8.59. The van der Waals surface area contributed by atoms with Crippen molar-refractivity contribution in [2.24, 2.45) is 0 Å². The molecule has 0 aromatic heterocycles. The molecule has 0 unspecified atom stereocenters. The van der Waals surface area contributed by atoms with Crippen molar-refractivity contribution in [2.75, 3.05) is 25.2 Å². The number of hydrogen-bond donors (Lipinski definition) is 0. The molecule has 0 fully saturated rings. The van der Waals surface area contributed by atoms with Gasteiger partial charge in [0.1, 0.15) is 0 Å². The number of benzene rings is 1. The van der Waals surface area contributed by atoms with Crippen molar-refractivity contribution >= 4 is 11.6 Å². The van der Waals surface area contributed by atoms with Gasteiger partial charge in [-0.1, -0.05) is 18.2 Å². The highest BCUT2D eigenvalue weighted by molar-refractivity contribution is 6.07. The van der Waals surface area contributed by atoms with E-state index in [1.165, 1.54) is 0 Å². The molecule has 98 valence electrons. The number of unbranched alkanes of at least 4 members (excludes halogenated alkanes) is 1. The number of nitrogens with zero attached hydrogens (tertiary/aromatic N) is 1. The van der Waals surface area contributed by atoms with Gasteiger partial charge in [-0.25, -0.2) is 0 Å². The van der Waals surface area contributed by atoms with E-state index in [-0.39, 0.29) is 5.91 Å². The van der Waals surface area contributed by atoms with Gasteiger partial charge in [-0.3, -0.25) is 4.79 Å². The lowest BCUT2D eigenvalue weighted by Gasteiger charge is -2.20. The van der Waals surface area contributed by atoms with Crippen molar-refractivity contribution in [1.29, 1.82) is 0 Å². The smallest absolute Gasteiger partial charge is 0.237 e. The molecule has 0 saturated heterocycles. The lowest BCUT2D eigenvalue weighted by Crippen LogP contribution is -2.36. The van der Waals surface area contributed by atoms with Crippen LogP contribution in [0.25, 0.3) is 0 Å². The molecule has 1 aromatic carbocycles. The molecule has 3 nitrogen and oxygen atoms in total. The molecule has 0 atom stereocenters. The quantitative estimate of drug-likeness (QED) is 0.749. The van der Waals surface area contributed by atoms with Crippen molar-refractivity contribution in [3.8, 4) is 0 Å². The molecule has 0 radical (unpaired) electrons. The van der Waals surface area contributed by atoms with Crippen LogP contribution in [0.4, 0.5) is 5.69 Å². The first-order valence-corrected chi connectivity index (χ1v) is 6.49. The second-order valence-electron chi connectivity index (χ2n) is 5.30. The summed E-state index contributed by atoms with van der Waals surface area (Å²) in [7, 11) is 1.71. The highest BCUT2D eigenvalue weighted by atomic mass is 16.5. The first-order valence-electron chi connectivity index (χ1n) is 6.49. The molecule has 2 rings (SSSR count). The molecule has 1 aliphatic heterocycles. The molecule has 1 amide bonds. The SMILES string of the molecule is COCCCCN1C(=O)C(C)(C)c2ccccc21. The zero-order valence-corrected chi connectivity index (χ0v) is 11.4. The summed E-state index contributed by atoms with van der Waals surface area (Å²) >= 11 is 0. The fourth-order valence-electron chi connectivity index (χ4n) is 2.54. The number of carbonyl (C=O) groups excluding carboxylic acids is 1. The maximum absolute atomic E-state index is 12.4. The molecule has 0 aliphatic carbocycles. The van der Waals surface area contributed by atoms with Gasteiger partial charge in [0.25, 0.3) is 0 Å². The highest BCUT2D eigenvalue weighted by Gasteiger charge is 2.42. The number of ether oxygens (including phenoxy) is 1. The molecule has 0 bridgehead atoms. The third-order valence-electron chi connectivity index (χ3n) is 3.63. The summed E-state index contributed by atoms with van der Waals surface area (Å²) in [6, 6.07) is 8.10. The summed E-state index contributed by atoms with van der Waals surface area (Å²) in [6.07, 6.45) is 1.97. The lowest BCUT2D eigenvalue weighted by atomic mass is 9.86. The third kappa shape index (κ3) is 2.15. The molecular formula is C15H21NO2.